The topological polar surface area (TPSA) is 13.1 Å². The summed E-state index contributed by atoms with van der Waals surface area (Å²) < 4.78 is 104. The second kappa shape index (κ2) is 9.44. The molecule has 1 heteroatoms. The van der Waals surface area contributed by atoms with Gasteiger partial charge >= 0.3 is 0 Å². The van der Waals surface area contributed by atoms with Crippen LogP contribution in [0.4, 0.5) is 0 Å². The third-order valence-corrected chi connectivity index (χ3v) is 7.98. The Morgan fingerprint density at radius 3 is 1.74 bits per heavy atom. The van der Waals surface area contributed by atoms with Crippen LogP contribution in [0.15, 0.2) is 162 Å². The second-order valence-corrected chi connectivity index (χ2v) is 10.4. The predicted octanol–water partition coefficient (Wildman–Crippen LogP) is 12.0. The van der Waals surface area contributed by atoms with Crippen molar-refractivity contribution < 1.29 is 19.5 Å². The van der Waals surface area contributed by atoms with E-state index in [4.69, 9.17) is 14.0 Å². The third kappa shape index (κ3) is 3.79. The van der Waals surface area contributed by atoms with Crippen LogP contribution in [-0.4, -0.2) is 0 Å². The normalized spacial score (nSPS) is 15.3. The highest BCUT2D eigenvalue weighted by Gasteiger charge is 2.18. The van der Waals surface area contributed by atoms with E-state index in [2.05, 4.69) is 0 Å². The minimum atomic E-state index is -0.510. The molecule has 8 aromatic carbocycles. The Balaban J connectivity index is 1.41. The van der Waals surface area contributed by atoms with Crippen LogP contribution in [0.3, 0.4) is 0 Å². The van der Waals surface area contributed by atoms with Crippen molar-refractivity contribution in [2.75, 3.05) is 0 Å². The van der Waals surface area contributed by atoms with Gasteiger partial charge in [-0.1, -0.05) is 127 Å². The Morgan fingerprint density at radius 2 is 1.00 bits per heavy atom. The van der Waals surface area contributed by atoms with Crippen molar-refractivity contribution in [2.45, 2.75) is 0 Å². The molecule has 0 bridgehead atoms. The van der Waals surface area contributed by atoms with Gasteiger partial charge in [-0.05, 0) is 95.9 Å². The molecule has 0 spiro atoms. The molecule has 1 aromatic heterocycles. The van der Waals surface area contributed by atoms with Crippen LogP contribution >= 0.6 is 0 Å². The van der Waals surface area contributed by atoms with Gasteiger partial charge in [-0.15, -0.1) is 0 Å². The molecule has 43 heavy (non-hydrogen) atoms. The van der Waals surface area contributed by atoms with Crippen molar-refractivity contribution in [2.24, 2.45) is 0 Å². The molecule has 0 unspecified atom stereocenters. The lowest BCUT2D eigenvalue weighted by Crippen LogP contribution is -1.91. The first-order valence-electron chi connectivity index (χ1n) is 19.4. The highest BCUT2D eigenvalue weighted by molar-refractivity contribution is 6.22. The summed E-state index contributed by atoms with van der Waals surface area (Å²) in [7, 11) is 0. The van der Waals surface area contributed by atoms with Crippen molar-refractivity contribution in [3.8, 4) is 33.4 Å². The fourth-order valence-electron chi connectivity index (χ4n) is 6.05. The summed E-state index contributed by atoms with van der Waals surface area (Å²) in [6.07, 6.45) is 0. The molecule has 1 nitrogen and oxygen atoms in total. The molecule has 0 atom stereocenters. The van der Waals surface area contributed by atoms with E-state index in [1.165, 1.54) is 0 Å². The highest BCUT2D eigenvalue weighted by atomic mass is 16.3. The van der Waals surface area contributed by atoms with Gasteiger partial charge in [-0.25, -0.2) is 0 Å². The van der Waals surface area contributed by atoms with Crippen LogP contribution in [0.2, 0.25) is 0 Å². The molecule has 9 aromatic rings. The summed E-state index contributed by atoms with van der Waals surface area (Å²) >= 11 is 0. The maximum atomic E-state index is 9.60. The Labute approximate surface area is 264 Å². The number of hydrogen-bond acceptors (Lipinski definition) is 1. The first-order valence-corrected chi connectivity index (χ1v) is 13.9. The molecular weight excluding hydrogens is 520 g/mol. The minimum absolute atomic E-state index is 0.0432. The SMILES string of the molecule is [2H]c1c([2H])c(-c2ccc3ccccc3c2)c([2H])c(-c2c3ccccc3c(-c3c([2H])c([2H])c4c(oc5c([2H])c([2H])c([2H])c([2H])c54)c3[2H])c3ccccc23)c1[2H]. The first kappa shape index (κ1) is 15.5. The van der Waals surface area contributed by atoms with Gasteiger partial charge in [-0.2, -0.15) is 0 Å². The van der Waals surface area contributed by atoms with E-state index in [1.807, 2.05) is 54.6 Å². The number of benzene rings is 8. The van der Waals surface area contributed by atoms with Crippen LogP contribution in [0.5, 0.6) is 0 Å². The highest BCUT2D eigenvalue weighted by Crippen LogP contribution is 2.45. The molecule has 0 fully saturated rings. The predicted molar refractivity (Wildman–Crippen MR) is 183 cm³/mol. The molecule has 200 valence electrons. The first-order chi connectivity index (χ1) is 25.9. The summed E-state index contributed by atoms with van der Waals surface area (Å²) in [4.78, 5) is 0. The number of fused-ring (bicyclic) bond motifs is 6. The molecule has 0 aliphatic heterocycles. The Morgan fingerprint density at radius 1 is 0.395 bits per heavy atom. The lowest BCUT2D eigenvalue weighted by molar-refractivity contribution is 0.669. The molecule has 0 saturated heterocycles. The number of furan rings is 1. The quantitative estimate of drug-likeness (QED) is 0.197. The summed E-state index contributed by atoms with van der Waals surface area (Å²) in [6.45, 7) is 0. The summed E-state index contributed by atoms with van der Waals surface area (Å²) in [5, 5.41) is 3.99. The van der Waals surface area contributed by atoms with Gasteiger partial charge in [0.25, 0.3) is 0 Å². The van der Waals surface area contributed by atoms with Crippen molar-refractivity contribution in [1.82, 2.24) is 0 Å². The number of para-hydroxylation sites is 1. The molecule has 0 aliphatic carbocycles. The van der Waals surface area contributed by atoms with Gasteiger partial charge in [-0.3, -0.25) is 0 Å². The van der Waals surface area contributed by atoms with Crippen molar-refractivity contribution in [1.29, 1.82) is 0 Å². The number of hydrogen-bond donors (Lipinski definition) is 0. The Bertz CT molecular complexity index is 3070. The Kier molecular flexibility index (Phi) is 3.41. The summed E-state index contributed by atoms with van der Waals surface area (Å²) in [5.41, 5.74) is 1.57. The zero-order valence-electron chi connectivity index (χ0n) is 33.6. The van der Waals surface area contributed by atoms with Crippen LogP contribution in [0.25, 0.3) is 87.6 Å². The van der Waals surface area contributed by atoms with E-state index in [0.717, 1.165) is 10.8 Å². The van der Waals surface area contributed by atoms with E-state index in [9.17, 15) is 5.48 Å². The minimum Gasteiger partial charge on any atom is -0.456 e. The van der Waals surface area contributed by atoms with Crippen LogP contribution in [0, 0.1) is 0 Å². The zero-order valence-corrected chi connectivity index (χ0v) is 22.6. The van der Waals surface area contributed by atoms with E-state index in [0.29, 0.717) is 38.2 Å². The van der Waals surface area contributed by atoms with Gasteiger partial charge in [0.05, 0.1) is 15.1 Å². The fraction of sp³-hybridized carbons (Fsp3) is 0. The van der Waals surface area contributed by atoms with Gasteiger partial charge in [0.2, 0.25) is 0 Å². The van der Waals surface area contributed by atoms with Gasteiger partial charge < -0.3 is 4.42 Å². The third-order valence-electron chi connectivity index (χ3n) is 7.98. The molecule has 0 aliphatic rings. The van der Waals surface area contributed by atoms with E-state index in [1.54, 1.807) is 36.4 Å². The Hall–Kier alpha value is -5.66. The molecular formula is C42H26O. The standard InChI is InChI=1S/C42H26O/c1-2-11-28-24-30(21-20-27(28)10-1)29-12-9-13-31(25-29)41-35-15-3-5-17-37(35)42(38-18-6-4-16-36(38)41)32-22-23-34-33-14-7-8-19-39(33)43-40(34)26-32/h1-26H/i7D,8D,9D,12D,13D,14D,19D,22D,23D,25D,26D. The van der Waals surface area contributed by atoms with E-state index >= 15 is 0 Å². The summed E-state index contributed by atoms with van der Waals surface area (Å²) in [5.74, 6) is 0. The monoisotopic (exact) mass is 557 g/mol. The molecule has 0 N–H and O–H groups in total. The average molecular weight is 558 g/mol. The van der Waals surface area contributed by atoms with Crippen LogP contribution in [-0.2, 0) is 0 Å². The maximum absolute atomic E-state index is 9.60. The number of rotatable bonds is 3. The zero-order chi connectivity index (χ0) is 37.9. The van der Waals surface area contributed by atoms with E-state index < -0.39 is 24.2 Å². The molecule has 9 rings (SSSR count). The van der Waals surface area contributed by atoms with Crippen molar-refractivity contribution in [3.05, 3.63) is 157 Å². The smallest absolute Gasteiger partial charge is 0.136 e. The van der Waals surface area contributed by atoms with Gasteiger partial charge in [0.1, 0.15) is 11.2 Å². The molecule has 0 radical (unpaired) electrons. The summed E-state index contributed by atoms with van der Waals surface area (Å²) in [6, 6.07) is 24.0. The van der Waals surface area contributed by atoms with Gasteiger partial charge in [0.15, 0.2) is 0 Å². The second-order valence-electron chi connectivity index (χ2n) is 10.4. The van der Waals surface area contributed by atoms with Crippen molar-refractivity contribution in [3.63, 3.8) is 0 Å². The van der Waals surface area contributed by atoms with Crippen LogP contribution in [0.1, 0.15) is 15.1 Å². The molecule has 1 heterocycles. The van der Waals surface area contributed by atoms with Gasteiger partial charge in [0, 0.05) is 10.8 Å². The lowest BCUT2D eigenvalue weighted by atomic mass is 9.85. The molecule has 0 saturated carbocycles. The largest absolute Gasteiger partial charge is 0.456 e. The van der Waals surface area contributed by atoms with E-state index in [-0.39, 0.29) is 80.9 Å². The average Bonchev–Trinajstić information content (AvgIpc) is 3.60. The molecule has 0 amide bonds. The fourth-order valence-corrected chi connectivity index (χ4v) is 6.05. The van der Waals surface area contributed by atoms with Crippen LogP contribution < -0.4 is 0 Å². The maximum Gasteiger partial charge on any atom is 0.136 e. The van der Waals surface area contributed by atoms with Crippen molar-refractivity contribution >= 4 is 54.3 Å². The lowest BCUT2D eigenvalue weighted by Gasteiger charge is -2.18.